The predicted molar refractivity (Wildman–Crippen MR) is 141 cm³/mol. The van der Waals surface area contributed by atoms with Gasteiger partial charge in [0.05, 0.1) is 23.8 Å². The van der Waals surface area contributed by atoms with E-state index in [1.54, 1.807) is 36.0 Å². The van der Waals surface area contributed by atoms with E-state index in [0.29, 0.717) is 17.7 Å². The Hall–Kier alpha value is -4.05. The topological polar surface area (TPSA) is 193 Å². The lowest BCUT2D eigenvalue weighted by molar-refractivity contribution is -0.689. The van der Waals surface area contributed by atoms with Crippen LogP contribution in [-0.2, 0) is 30.5 Å². The summed E-state index contributed by atoms with van der Waals surface area (Å²) in [5.41, 5.74) is 5.93. The first kappa shape index (κ1) is 28.9. The zero-order chi connectivity index (χ0) is 28.8. The maximum Gasteiger partial charge on any atom is 0.338 e. The molecule has 0 radical (unpaired) electrons. The molecule has 0 aliphatic carbocycles. The minimum atomic E-state index is -1.50. The number of carbonyl (C=O) groups excluding carboxylic acids is 4. The highest BCUT2D eigenvalue weighted by Crippen LogP contribution is 2.40. The number of nitrogen functional groups attached to an aromatic ring is 1. The molecule has 2 atom stereocenters. The molecule has 212 valence electrons. The van der Waals surface area contributed by atoms with Gasteiger partial charge in [0.1, 0.15) is 18.0 Å². The quantitative estimate of drug-likeness (QED) is 0.0787. The molecule has 1 fully saturated rings. The van der Waals surface area contributed by atoms with Gasteiger partial charge in [0.25, 0.3) is 11.8 Å². The second kappa shape index (κ2) is 12.9. The van der Waals surface area contributed by atoms with Crippen molar-refractivity contribution in [1.29, 1.82) is 0 Å². The third-order valence-corrected chi connectivity index (χ3v) is 7.79. The fourth-order valence-electron chi connectivity index (χ4n) is 3.96. The fraction of sp³-hybridized carbons (Fsp3) is 0.417. The lowest BCUT2D eigenvalue weighted by Crippen LogP contribution is -2.71. The van der Waals surface area contributed by atoms with Crippen LogP contribution in [0.5, 0.6) is 0 Å². The lowest BCUT2D eigenvalue weighted by Gasteiger charge is -2.50. The third-order valence-electron chi connectivity index (χ3n) is 5.91. The Balaban J connectivity index is 1.46. The van der Waals surface area contributed by atoms with Gasteiger partial charge >= 0.3 is 5.97 Å². The van der Waals surface area contributed by atoms with E-state index in [2.05, 4.69) is 19.8 Å². The van der Waals surface area contributed by atoms with Gasteiger partial charge in [-0.1, -0.05) is 18.5 Å². The van der Waals surface area contributed by atoms with Crippen molar-refractivity contribution in [3.8, 4) is 0 Å². The van der Waals surface area contributed by atoms with E-state index in [1.165, 1.54) is 11.8 Å². The molecule has 2 aliphatic heterocycles. The number of ether oxygens (including phenoxy) is 1. The largest absolute Gasteiger partial charge is 0.543 e. The number of carbonyl (C=O) groups is 4. The van der Waals surface area contributed by atoms with Crippen LogP contribution in [0.25, 0.3) is 0 Å². The van der Waals surface area contributed by atoms with Gasteiger partial charge in [-0.15, -0.1) is 11.8 Å². The monoisotopic (exact) mass is 589 g/mol. The number of esters is 1. The number of hydrogen-bond acceptors (Lipinski definition) is 13. The Labute approximate surface area is 237 Å². The van der Waals surface area contributed by atoms with Gasteiger partial charge in [-0.2, -0.15) is 9.36 Å². The van der Waals surface area contributed by atoms with Gasteiger partial charge in [-0.3, -0.25) is 14.5 Å². The number of hydrogen-bond donors (Lipinski definition) is 2. The zero-order valence-corrected chi connectivity index (χ0v) is 23.3. The van der Waals surface area contributed by atoms with Crippen molar-refractivity contribution < 1.29 is 38.4 Å². The Morgan fingerprint density at radius 2 is 2.05 bits per heavy atom. The molecule has 1 saturated heterocycles. The fourth-order valence-corrected chi connectivity index (χ4v) is 5.73. The molecule has 4 heterocycles. The minimum Gasteiger partial charge on any atom is -0.543 e. The van der Waals surface area contributed by atoms with Crippen molar-refractivity contribution in [3.05, 3.63) is 47.2 Å². The maximum absolute atomic E-state index is 13.0. The first-order valence-corrected chi connectivity index (χ1v) is 14.2. The first-order chi connectivity index (χ1) is 19.2. The number of carboxylic acids is 1. The number of oxime groups is 1. The van der Waals surface area contributed by atoms with Gasteiger partial charge in [-0.25, -0.2) is 9.36 Å². The Morgan fingerprint density at radius 1 is 1.30 bits per heavy atom. The Bertz CT molecular complexity index is 1360. The highest BCUT2D eigenvalue weighted by atomic mass is 32.2. The van der Waals surface area contributed by atoms with Crippen LogP contribution >= 0.6 is 23.3 Å². The SMILES string of the molecule is CCCCOC(=O)c1cc[n+](CC2=C(C(=O)[O-])N3C(=O)C(NC(=O)C(=NOCC)c4nsc(N)n4)[C@@H]3SC2)cc1. The second-order valence-electron chi connectivity index (χ2n) is 8.66. The Morgan fingerprint density at radius 3 is 2.67 bits per heavy atom. The molecule has 0 saturated carbocycles. The number of pyridine rings is 1. The van der Waals surface area contributed by atoms with Crippen molar-refractivity contribution in [2.75, 3.05) is 24.7 Å². The molecular formula is C24H27N7O7S2. The molecule has 2 aliphatic rings. The molecule has 40 heavy (non-hydrogen) atoms. The van der Waals surface area contributed by atoms with E-state index in [4.69, 9.17) is 15.3 Å². The summed E-state index contributed by atoms with van der Waals surface area (Å²) in [5.74, 6) is -3.10. The number of anilines is 1. The van der Waals surface area contributed by atoms with E-state index in [-0.39, 0.29) is 41.3 Å². The molecule has 1 unspecified atom stereocenters. The Kier molecular flexibility index (Phi) is 9.31. The zero-order valence-electron chi connectivity index (χ0n) is 21.7. The van der Waals surface area contributed by atoms with Gasteiger partial charge in [0, 0.05) is 35.0 Å². The van der Waals surface area contributed by atoms with Crippen LogP contribution in [0, 0.1) is 0 Å². The number of thioether (sulfide) groups is 1. The number of carboxylic acid groups (broad SMARTS) is 1. The van der Waals surface area contributed by atoms with Crippen LogP contribution < -0.4 is 20.7 Å². The normalized spacial score (nSPS) is 18.6. The number of aromatic nitrogens is 3. The number of nitrogens with two attached hydrogens (primary N) is 1. The third kappa shape index (κ3) is 6.22. The minimum absolute atomic E-state index is 0.0525. The number of amides is 2. The number of nitrogens with zero attached hydrogens (tertiary/aromatic N) is 5. The summed E-state index contributed by atoms with van der Waals surface area (Å²) in [6, 6.07) is 2.15. The van der Waals surface area contributed by atoms with Gasteiger partial charge < -0.3 is 30.5 Å². The lowest BCUT2D eigenvalue weighted by atomic mass is 10.0. The van der Waals surface area contributed by atoms with Crippen LogP contribution in [-0.4, -0.2) is 74.1 Å². The molecule has 2 amide bonds. The van der Waals surface area contributed by atoms with Crippen LogP contribution in [0.15, 0.2) is 41.0 Å². The summed E-state index contributed by atoms with van der Waals surface area (Å²) in [6.45, 7) is 4.34. The molecule has 2 aromatic heterocycles. The summed E-state index contributed by atoms with van der Waals surface area (Å²) in [4.78, 5) is 60.3. The second-order valence-corrected chi connectivity index (χ2v) is 10.6. The molecule has 4 rings (SSSR count). The van der Waals surface area contributed by atoms with Crippen molar-refractivity contribution in [1.82, 2.24) is 19.6 Å². The molecular weight excluding hydrogens is 562 g/mol. The molecule has 2 aromatic rings. The van der Waals surface area contributed by atoms with Crippen LogP contribution in [0.3, 0.4) is 0 Å². The van der Waals surface area contributed by atoms with Crippen molar-refractivity contribution in [2.45, 2.75) is 44.6 Å². The van der Waals surface area contributed by atoms with Crippen LogP contribution in [0.1, 0.15) is 42.9 Å². The first-order valence-electron chi connectivity index (χ1n) is 12.4. The summed E-state index contributed by atoms with van der Waals surface area (Å²) < 4.78 is 10.9. The summed E-state index contributed by atoms with van der Waals surface area (Å²) in [5, 5.41) is 17.9. The maximum atomic E-state index is 13.0. The van der Waals surface area contributed by atoms with E-state index in [9.17, 15) is 24.3 Å². The number of aliphatic carboxylic acids is 1. The van der Waals surface area contributed by atoms with Gasteiger partial charge in [0.2, 0.25) is 11.5 Å². The molecule has 0 spiro atoms. The van der Waals surface area contributed by atoms with E-state index >= 15 is 0 Å². The van der Waals surface area contributed by atoms with E-state index in [1.807, 2.05) is 6.92 Å². The van der Waals surface area contributed by atoms with Gasteiger partial charge in [0.15, 0.2) is 24.1 Å². The molecule has 0 bridgehead atoms. The standard InChI is InChI=1S/C24H27N7O7S2/c1-3-5-10-37-23(36)13-6-8-30(9-7-13)11-14-12-39-21-16(20(33)31(21)17(14)22(34)35)26-19(32)15(28-38-4-2)18-27-24(25)40-29-18/h6-9,16,21H,3-5,10-12H2,1-2H3,(H3-,25,26,27,29,32,34,35)/t16?,21-/m0/s1. The van der Waals surface area contributed by atoms with Crippen molar-refractivity contribution in [2.24, 2.45) is 5.16 Å². The average Bonchev–Trinajstić information content (AvgIpc) is 3.37. The number of β-lactam (4-membered cyclic amide) rings is 1. The average molecular weight is 590 g/mol. The smallest absolute Gasteiger partial charge is 0.338 e. The predicted octanol–water partition coefficient (Wildman–Crippen LogP) is -0.791. The number of fused-ring (bicyclic) bond motifs is 1. The van der Waals surface area contributed by atoms with Crippen LogP contribution in [0.4, 0.5) is 5.13 Å². The molecule has 0 aromatic carbocycles. The molecule has 3 N–H and O–H groups in total. The van der Waals surface area contributed by atoms with Crippen LogP contribution in [0.2, 0.25) is 0 Å². The highest BCUT2D eigenvalue weighted by molar-refractivity contribution is 8.00. The summed E-state index contributed by atoms with van der Waals surface area (Å²) >= 11 is 2.17. The molecule has 16 heteroatoms. The van der Waals surface area contributed by atoms with Crippen molar-refractivity contribution in [3.63, 3.8) is 0 Å². The van der Waals surface area contributed by atoms with E-state index < -0.39 is 35.2 Å². The van der Waals surface area contributed by atoms with Crippen molar-refractivity contribution >= 4 is 57.9 Å². The number of rotatable bonds is 12. The summed E-state index contributed by atoms with van der Waals surface area (Å²) in [7, 11) is 0. The number of unbranched alkanes of at least 4 members (excludes halogenated alkanes) is 1. The highest BCUT2D eigenvalue weighted by Gasteiger charge is 2.53. The molecule has 14 nitrogen and oxygen atoms in total. The van der Waals surface area contributed by atoms with E-state index in [0.717, 1.165) is 29.3 Å². The van der Waals surface area contributed by atoms with Gasteiger partial charge in [-0.05, 0) is 13.3 Å². The number of nitrogens with one attached hydrogen (secondary N) is 1. The summed E-state index contributed by atoms with van der Waals surface area (Å²) in [6.07, 6.45) is 4.95.